The summed E-state index contributed by atoms with van der Waals surface area (Å²) in [5.41, 5.74) is 0.725. The number of benzene rings is 1. The van der Waals surface area contributed by atoms with Crippen LogP contribution in [0.25, 0.3) is 0 Å². The van der Waals surface area contributed by atoms with Crippen molar-refractivity contribution in [1.82, 2.24) is 0 Å². The van der Waals surface area contributed by atoms with Gasteiger partial charge in [0, 0.05) is 5.56 Å². The summed E-state index contributed by atoms with van der Waals surface area (Å²) in [5.74, 6) is 1.42. The lowest BCUT2D eigenvalue weighted by Crippen LogP contribution is -2.04. The van der Waals surface area contributed by atoms with Gasteiger partial charge in [-0.25, -0.2) is 0 Å². The highest BCUT2D eigenvalue weighted by Gasteiger charge is 2.07. The van der Waals surface area contributed by atoms with E-state index in [0.29, 0.717) is 11.0 Å². The van der Waals surface area contributed by atoms with Crippen molar-refractivity contribution in [3.05, 3.63) is 29.8 Å². The fourth-order valence-corrected chi connectivity index (χ4v) is 1.77. The highest BCUT2D eigenvalue weighted by molar-refractivity contribution is 8.00. The first-order valence-corrected chi connectivity index (χ1v) is 5.97. The van der Waals surface area contributed by atoms with Gasteiger partial charge >= 0.3 is 0 Å². The number of methoxy groups -OCH3 is 1. The average molecular weight is 224 g/mol. The summed E-state index contributed by atoms with van der Waals surface area (Å²) in [7, 11) is 1.60. The van der Waals surface area contributed by atoms with Crippen molar-refractivity contribution in [2.24, 2.45) is 0 Å². The van der Waals surface area contributed by atoms with E-state index in [-0.39, 0.29) is 5.78 Å². The number of carbonyl (C=O) groups excluding carboxylic acids is 1. The van der Waals surface area contributed by atoms with Crippen molar-refractivity contribution in [2.45, 2.75) is 19.1 Å². The van der Waals surface area contributed by atoms with Crippen LogP contribution in [0.1, 0.15) is 24.2 Å². The largest absolute Gasteiger partial charge is 0.497 e. The normalized spacial score (nSPS) is 10.4. The number of Topliss-reactive ketones (excluding diaryl/α,β-unsaturated/α-hetero) is 1. The summed E-state index contributed by atoms with van der Waals surface area (Å²) >= 11 is 1.66. The zero-order valence-electron chi connectivity index (χ0n) is 9.32. The Morgan fingerprint density at radius 1 is 1.47 bits per heavy atom. The summed E-state index contributed by atoms with van der Waals surface area (Å²) in [5, 5.41) is 0.486. The molecular formula is C12H16O2S. The van der Waals surface area contributed by atoms with Gasteiger partial charge in [-0.15, -0.1) is 0 Å². The van der Waals surface area contributed by atoms with E-state index in [0.717, 1.165) is 11.3 Å². The molecule has 1 rings (SSSR count). The summed E-state index contributed by atoms with van der Waals surface area (Å²) in [6, 6.07) is 7.29. The topological polar surface area (TPSA) is 26.3 Å². The number of carbonyl (C=O) groups is 1. The van der Waals surface area contributed by atoms with Crippen LogP contribution < -0.4 is 4.74 Å². The Labute approximate surface area is 95.0 Å². The Hall–Kier alpha value is -0.960. The Morgan fingerprint density at radius 3 is 2.80 bits per heavy atom. The molecule has 0 saturated heterocycles. The highest BCUT2D eigenvalue weighted by Crippen LogP contribution is 2.16. The van der Waals surface area contributed by atoms with Gasteiger partial charge in [-0.3, -0.25) is 4.79 Å². The lowest BCUT2D eigenvalue weighted by atomic mass is 10.1. The van der Waals surface area contributed by atoms with E-state index in [1.54, 1.807) is 24.9 Å². The predicted octanol–water partition coefficient (Wildman–Crippen LogP) is 3.02. The Bertz CT molecular complexity index is 334. The minimum Gasteiger partial charge on any atom is -0.497 e. The van der Waals surface area contributed by atoms with Gasteiger partial charge in [0.05, 0.1) is 12.9 Å². The number of ether oxygens (including phenoxy) is 1. The molecule has 0 atom stereocenters. The zero-order chi connectivity index (χ0) is 11.3. The maximum Gasteiger partial charge on any atom is 0.172 e. The first kappa shape index (κ1) is 12.1. The molecule has 0 heterocycles. The molecule has 15 heavy (non-hydrogen) atoms. The summed E-state index contributed by atoms with van der Waals surface area (Å²) in [6.45, 7) is 4.17. The highest BCUT2D eigenvalue weighted by atomic mass is 32.2. The lowest BCUT2D eigenvalue weighted by Gasteiger charge is -2.05. The van der Waals surface area contributed by atoms with Gasteiger partial charge in [-0.05, 0) is 17.4 Å². The molecule has 0 N–H and O–H groups in total. The minimum absolute atomic E-state index is 0.160. The standard InChI is InChI=1S/C12H16O2S/c1-9(2)15-8-12(13)10-5-4-6-11(7-10)14-3/h4-7,9H,8H2,1-3H3. The van der Waals surface area contributed by atoms with Gasteiger partial charge < -0.3 is 4.74 Å². The molecule has 0 bridgehead atoms. The van der Waals surface area contributed by atoms with E-state index in [2.05, 4.69) is 13.8 Å². The number of hydrogen-bond acceptors (Lipinski definition) is 3. The van der Waals surface area contributed by atoms with Gasteiger partial charge in [0.15, 0.2) is 5.78 Å². The second-order valence-electron chi connectivity index (χ2n) is 3.51. The van der Waals surface area contributed by atoms with E-state index in [1.807, 2.05) is 18.2 Å². The third-order valence-electron chi connectivity index (χ3n) is 1.94. The quantitative estimate of drug-likeness (QED) is 0.719. The van der Waals surface area contributed by atoms with Crippen LogP contribution in [0.5, 0.6) is 5.75 Å². The molecule has 0 amide bonds. The maximum atomic E-state index is 11.7. The van der Waals surface area contributed by atoms with Gasteiger partial charge in [0.25, 0.3) is 0 Å². The molecular weight excluding hydrogens is 208 g/mol. The van der Waals surface area contributed by atoms with Crippen molar-refractivity contribution in [2.75, 3.05) is 12.9 Å². The summed E-state index contributed by atoms with van der Waals surface area (Å²) < 4.78 is 5.07. The van der Waals surface area contributed by atoms with Crippen LogP contribution in [0.4, 0.5) is 0 Å². The summed E-state index contributed by atoms with van der Waals surface area (Å²) in [4.78, 5) is 11.7. The van der Waals surface area contributed by atoms with E-state index >= 15 is 0 Å². The second kappa shape index (κ2) is 5.81. The van der Waals surface area contributed by atoms with Crippen LogP contribution in [0, 0.1) is 0 Å². The van der Waals surface area contributed by atoms with Crippen LogP contribution >= 0.6 is 11.8 Å². The van der Waals surface area contributed by atoms with E-state index < -0.39 is 0 Å². The molecule has 1 aromatic rings. The average Bonchev–Trinajstić information content (AvgIpc) is 2.26. The van der Waals surface area contributed by atoms with Gasteiger partial charge in [0.2, 0.25) is 0 Å². The van der Waals surface area contributed by atoms with Gasteiger partial charge in [-0.1, -0.05) is 26.0 Å². The molecule has 3 heteroatoms. The Balaban J connectivity index is 2.65. The molecule has 0 fully saturated rings. The number of hydrogen-bond donors (Lipinski definition) is 0. The Kier molecular flexibility index (Phi) is 4.69. The number of thioether (sulfide) groups is 1. The van der Waals surface area contributed by atoms with Crippen molar-refractivity contribution in [3.8, 4) is 5.75 Å². The molecule has 0 aliphatic carbocycles. The maximum absolute atomic E-state index is 11.7. The van der Waals surface area contributed by atoms with Crippen molar-refractivity contribution in [3.63, 3.8) is 0 Å². The predicted molar refractivity (Wildman–Crippen MR) is 64.9 cm³/mol. The van der Waals surface area contributed by atoms with Crippen LogP contribution in [0.15, 0.2) is 24.3 Å². The number of rotatable bonds is 5. The van der Waals surface area contributed by atoms with E-state index in [4.69, 9.17) is 4.74 Å². The zero-order valence-corrected chi connectivity index (χ0v) is 10.1. The van der Waals surface area contributed by atoms with Crippen LogP contribution in [0.2, 0.25) is 0 Å². The molecule has 0 aliphatic heterocycles. The molecule has 0 saturated carbocycles. The molecule has 0 radical (unpaired) electrons. The molecule has 1 aromatic carbocycles. The first-order valence-electron chi connectivity index (χ1n) is 4.92. The van der Waals surface area contributed by atoms with Crippen LogP contribution in [-0.2, 0) is 0 Å². The molecule has 0 spiro atoms. The molecule has 0 aliphatic rings. The molecule has 0 unspecified atom stereocenters. The second-order valence-corrected chi connectivity index (χ2v) is 5.08. The van der Waals surface area contributed by atoms with E-state index in [1.165, 1.54) is 0 Å². The number of ketones is 1. The van der Waals surface area contributed by atoms with Gasteiger partial charge in [0.1, 0.15) is 5.75 Å². The first-order chi connectivity index (χ1) is 7.13. The van der Waals surface area contributed by atoms with Crippen molar-refractivity contribution < 1.29 is 9.53 Å². The van der Waals surface area contributed by atoms with Crippen LogP contribution in [0.3, 0.4) is 0 Å². The van der Waals surface area contributed by atoms with Gasteiger partial charge in [-0.2, -0.15) is 11.8 Å². The fourth-order valence-electron chi connectivity index (χ4n) is 1.12. The monoisotopic (exact) mass is 224 g/mol. The Morgan fingerprint density at radius 2 is 2.20 bits per heavy atom. The molecule has 2 nitrogen and oxygen atoms in total. The van der Waals surface area contributed by atoms with E-state index in [9.17, 15) is 4.79 Å². The molecule has 0 aromatic heterocycles. The third-order valence-corrected chi connectivity index (χ3v) is 3.03. The SMILES string of the molecule is COc1cccc(C(=O)CSC(C)C)c1. The summed E-state index contributed by atoms with van der Waals surface area (Å²) in [6.07, 6.45) is 0. The smallest absolute Gasteiger partial charge is 0.172 e. The molecule has 82 valence electrons. The fraction of sp³-hybridized carbons (Fsp3) is 0.417. The van der Waals surface area contributed by atoms with Crippen LogP contribution in [-0.4, -0.2) is 23.9 Å². The third kappa shape index (κ3) is 3.96. The lowest BCUT2D eigenvalue weighted by molar-refractivity contribution is 0.102. The van der Waals surface area contributed by atoms with Crippen molar-refractivity contribution in [1.29, 1.82) is 0 Å². The minimum atomic E-state index is 0.160. The van der Waals surface area contributed by atoms with Crippen molar-refractivity contribution >= 4 is 17.5 Å².